The molecular formula is C13H26N2O. The van der Waals surface area contributed by atoms with Gasteiger partial charge in [0.1, 0.15) is 0 Å². The molecule has 3 heteroatoms. The average Bonchev–Trinajstić information content (AvgIpc) is 2.22. The summed E-state index contributed by atoms with van der Waals surface area (Å²) in [5.41, 5.74) is 5.81. The molecule has 1 amide bonds. The van der Waals surface area contributed by atoms with Gasteiger partial charge in [-0.25, -0.2) is 0 Å². The van der Waals surface area contributed by atoms with Gasteiger partial charge in [-0.2, -0.15) is 0 Å². The fourth-order valence-electron chi connectivity index (χ4n) is 2.61. The highest BCUT2D eigenvalue weighted by molar-refractivity contribution is 5.81. The molecule has 0 aromatic rings. The smallest absolute Gasteiger partial charge is 0.237 e. The predicted octanol–water partition coefficient (Wildman–Crippen LogP) is 2.05. The molecule has 0 saturated heterocycles. The Morgan fingerprint density at radius 1 is 1.44 bits per heavy atom. The topological polar surface area (TPSA) is 55.1 Å². The highest BCUT2D eigenvalue weighted by atomic mass is 16.2. The van der Waals surface area contributed by atoms with E-state index in [0.29, 0.717) is 12.0 Å². The van der Waals surface area contributed by atoms with Crippen LogP contribution in [0.25, 0.3) is 0 Å². The second-order valence-corrected chi connectivity index (χ2v) is 5.41. The quantitative estimate of drug-likeness (QED) is 0.771. The summed E-state index contributed by atoms with van der Waals surface area (Å²) >= 11 is 0. The number of hydrogen-bond acceptors (Lipinski definition) is 2. The van der Waals surface area contributed by atoms with Gasteiger partial charge in [-0.05, 0) is 37.5 Å². The third-order valence-electron chi connectivity index (χ3n) is 3.70. The maximum atomic E-state index is 11.8. The Hall–Kier alpha value is -0.570. The van der Waals surface area contributed by atoms with E-state index >= 15 is 0 Å². The summed E-state index contributed by atoms with van der Waals surface area (Å²) in [6.45, 7) is 6.57. The minimum Gasteiger partial charge on any atom is -0.352 e. The van der Waals surface area contributed by atoms with E-state index in [1.807, 2.05) is 0 Å². The molecule has 94 valence electrons. The van der Waals surface area contributed by atoms with Crippen molar-refractivity contribution < 1.29 is 4.79 Å². The Labute approximate surface area is 99.2 Å². The van der Waals surface area contributed by atoms with E-state index in [-0.39, 0.29) is 11.9 Å². The molecule has 1 saturated carbocycles. The van der Waals surface area contributed by atoms with Crippen LogP contribution in [0.15, 0.2) is 0 Å². The first-order valence-electron chi connectivity index (χ1n) is 6.60. The van der Waals surface area contributed by atoms with Crippen LogP contribution in [0.2, 0.25) is 0 Å². The van der Waals surface area contributed by atoms with E-state index < -0.39 is 0 Å². The lowest BCUT2D eigenvalue weighted by molar-refractivity contribution is -0.123. The van der Waals surface area contributed by atoms with Gasteiger partial charge in [0.05, 0.1) is 6.04 Å². The Kier molecular flexibility index (Phi) is 5.26. The molecule has 0 aliphatic heterocycles. The SMILES string of the molecule is CCC[C@H](N)C(=O)NC1CCC(C)CC1C. The Morgan fingerprint density at radius 3 is 2.69 bits per heavy atom. The highest BCUT2D eigenvalue weighted by Crippen LogP contribution is 2.28. The molecule has 3 N–H and O–H groups in total. The minimum atomic E-state index is -0.323. The molecule has 1 aliphatic carbocycles. The van der Waals surface area contributed by atoms with Gasteiger partial charge >= 0.3 is 0 Å². The van der Waals surface area contributed by atoms with Crippen molar-refractivity contribution in [1.82, 2.24) is 5.32 Å². The zero-order valence-corrected chi connectivity index (χ0v) is 10.8. The molecule has 0 bridgehead atoms. The highest BCUT2D eigenvalue weighted by Gasteiger charge is 2.27. The van der Waals surface area contributed by atoms with Crippen LogP contribution in [-0.2, 0) is 4.79 Å². The Balaban J connectivity index is 2.38. The third-order valence-corrected chi connectivity index (χ3v) is 3.70. The van der Waals surface area contributed by atoms with Crippen LogP contribution in [0.5, 0.6) is 0 Å². The number of amides is 1. The third kappa shape index (κ3) is 3.78. The van der Waals surface area contributed by atoms with Crippen LogP contribution in [-0.4, -0.2) is 18.0 Å². The molecule has 0 aromatic heterocycles. The first-order valence-corrected chi connectivity index (χ1v) is 6.60. The molecule has 0 aromatic carbocycles. The molecule has 16 heavy (non-hydrogen) atoms. The number of nitrogens with one attached hydrogen (secondary N) is 1. The van der Waals surface area contributed by atoms with Crippen molar-refractivity contribution >= 4 is 5.91 Å². The van der Waals surface area contributed by atoms with Crippen molar-refractivity contribution in [3.8, 4) is 0 Å². The summed E-state index contributed by atoms with van der Waals surface area (Å²) in [6.07, 6.45) is 5.29. The number of nitrogens with two attached hydrogens (primary N) is 1. The average molecular weight is 226 g/mol. The van der Waals surface area contributed by atoms with Gasteiger partial charge in [-0.1, -0.05) is 27.2 Å². The lowest BCUT2D eigenvalue weighted by Crippen LogP contribution is -2.49. The van der Waals surface area contributed by atoms with Gasteiger partial charge in [-0.3, -0.25) is 4.79 Å². The Morgan fingerprint density at radius 2 is 2.12 bits per heavy atom. The molecular weight excluding hydrogens is 200 g/mol. The summed E-state index contributed by atoms with van der Waals surface area (Å²) in [4.78, 5) is 11.8. The van der Waals surface area contributed by atoms with E-state index in [1.54, 1.807) is 0 Å². The molecule has 3 nitrogen and oxygen atoms in total. The van der Waals surface area contributed by atoms with E-state index in [4.69, 9.17) is 5.73 Å². The van der Waals surface area contributed by atoms with E-state index in [0.717, 1.165) is 25.2 Å². The van der Waals surface area contributed by atoms with Crippen molar-refractivity contribution in [1.29, 1.82) is 0 Å². The maximum Gasteiger partial charge on any atom is 0.237 e. The number of carbonyl (C=O) groups is 1. The number of rotatable bonds is 4. The summed E-state index contributed by atoms with van der Waals surface area (Å²) in [5.74, 6) is 1.42. The van der Waals surface area contributed by atoms with E-state index in [2.05, 4.69) is 26.1 Å². The van der Waals surface area contributed by atoms with Crippen molar-refractivity contribution in [2.24, 2.45) is 17.6 Å². The first-order chi connectivity index (χ1) is 7.54. The van der Waals surface area contributed by atoms with Gasteiger partial charge < -0.3 is 11.1 Å². The lowest BCUT2D eigenvalue weighted by atomic mass is 9.80. The molecule has 1 aliphatic rings. The van der Waals surface area contributed by atoms with Gasteiger partial charge in [0, 0.05) is 6.04 Å². The van der Waals surface area contributed by atoms with Crippen molar-refractivity contribution in [3.05, 3.63) is 0 Å². The molecule has 0 spiro atoms. The number of carbonyl (C=O) groups excluding carboxylic acids is 1. The molecule has 1 fully saturated rings. The van der Waals surface area contributed by atoms with Gasteiger partial charge in [0.15, 0.2) is 0 Å². The molecule has 1 rings (SSSR count). The monoisotopic (exact) mass is 226 g/mol. The predicted molar refractivity (Wildman–Crippen MR) is 67.0 cm³/mol. The fraction of sp³-hybridized carbons (Fsp3) is 0.923. The van der Waals surface area contributed by atoms with Crippen LogP contribution in [0.4, 0.5) is 0 Å². The largest absolute Gasteiger partial charge is 0.352 e. The number of hydrogen-bond donors (Lipinski definition) is 2. The first kappa shape index (κ1) is 13.5. The summed E-state index contributed by atoms with van der Waals surface area (Å²) in [6, 6.07) is 0.0168. The van der Waals surface area contributed by atoms with Crippen LogP contribution in [0.1, 0.15) is 52.9 Å². The standard InChI is InChI=1S/C13H26N2O/c1-4-5-11(14)13(16)15-12-7-6-9(2)8-10(12)3/h9-12H,4-8,14H2,1-3H3,(H,15,16)/t9?,10?,11-,12?/m0/s1. The summed E-state index contributed by atoms with van der Waals surface area (Å²) in [5, 5.41) is 3.11. The fourth-order valence-corrected chi connectivity index (χ4v) is 2.61. The second-order valence-electron chi connectivity index (χ2n) is 5.41. The Bertz CT molecular complexity index is 230. The normalized spacial score (nSPS) is 32.1. The van der Waals surface area contributed by atoms with Gasteiger partial charge in [-0.15, -0.1) is 0 Å². The second kappa shape index (κ2) is 6.24. The van der Waals surface area contributed by atoms with Crippen LogP contribution in [0.3, 0.4) is 0 Å². The van der Waals surface area contributed by atoms with Gasteiger partial charge in [0.25, 0.3) is 0 Å². The van der Waals surface area contributed by atoms with Crippen molar-refractivity contribution in [2.45, 2.75) is 65.0 Å². The zero-order valence-electron chi connectivity index (χ0n) is 10.8. The van der Waals surface area contributed by atoms with E-state index in [9.17, 15) is 4.79 Å². The summed E-state index contributed by atoms with van der Waals surface area (Å²) in [7, 11) is 0. The van der Waals surface area contributed by atoms with Crippen LogP contribution >= 0.6 is 0 Å². The van der Waals surface area contributed by atoms with Crippen LogP contribution < -0.4 is 11.1 Å². The zero-order chi connectivity index (χ0) is 12.1. The summed E-state index contributed by atoms with van der Waals surface area (Å²) < 4.78 is 0. The van der Waals surface area contributed by atoms with Crippen molar-refractivity contribution in [3.63, 3.8) is 0 Å². The van der Waals surface area contributed by atoms with Crippen LogP contribution in [0, 0.1) is 11.8 Å². The van der Waals surface area contributed by atoms with Gasteiger partial charge in [0.2, 0.25) is 5.91 Å². The molecule has 4 atom stereocenters. The van der Waals surface area contributed by atoms with E-state index in [1.165, 1.54) is 12.8 Å². The minimum absolute atomic E-state index is 0.0354. The molecule has 0 heterocycles. The lowest BCUT2D eigenvalue weighted by Gasteiger charge is -2.33. The molecule has 3 unspecified atom stereocenters. The van der Waals surface area contributed by atoms with Crippen molar-refractivity contribution in [2.75, 3.05) is 0 Å². The maximum absolute atomic E-state index is 11.8. The molecule has 0 radical (unpaired) electrons.